The fraction of sp³-hybridized carbons (Fsp3) is 0.261. The first-order valence-electron chi connectivity index (χ1n) is 10.1. The molecule has 0 bridgehead atoms. The van der Waals surface area contributed by atoms with Crippen LogP contribution in [0.4, 0.5) is 5.69 Å². The third-order valence-electron chi connectivity index (χ3n) is 4.68. The van der Waals surface area contributed by atoms with Gasteiger partial charge in [0.15, 0.2) is 6.61 Å². The number of halogens is 1. The topological polar surface area (TPSA) is 68.0 Å². The summed E-state index contributed by atoms with van der Waals surface area (Å²) in [6, 6.07) is 13.6. The number of hydrogen-bond donors (Lipinski definition) is 1. The molecular weight excluding hydrogens is 432 g/mol. The van der Waals surface area contributed by atoms with Crippen molar-refractivity contribution in [3.63, 3.8) is 0 Å². The summed E-state index contributed by atoms with van der Waals surface area (Å²) in [5.74, 6) is 0.500. The average Bonchev–Trinajstić information content (AvgIpc) is 3.12. The van der Waals surface area contributed by atoms with Gasteiger partial charge in [0.2, 0.25) is 4.80 Å². The number of hydrogen-bond acceptors (Lipinski definition) is 5. The molecule has 0 saturated heterocycles. The number of carbonyl (C=O) groups is 1. The number of nitrogens with zero attached hydrogens (tertiary/aromatic N) is 3. The van der Waals surface area contributed by atoms with Crippen molar-refractivity contribution in [1.29, 1.82) is 0 Å². The van der Waals surface area contributed by atoms with Gasteiger partial charge < -0.3 is 10.1 Å². The van der Waals surface area contributed by atoms with Gasteiger partial charge in [-0.1, -0.05) is 30.7 Å². The molecular formula is C23H23ClN4O2S. The quantitative estimate of drug-likeness (QED) is 0.540. The Bertz CT molecular complexity index is 1230. The van der Waals surface area contributed by atoms with E-state index < -0.39 is 0 Å². The van der Waals surface area contributed by atoms with Gasteiger partial charge in [0, 0.05) is 22.0 Å². The molecule has 31 heavy (non-hydrogen) atoms. The van der Waals surface area contributed by atoms with Crippen LogP contribution in [0.25, 0.3) is 11.3 Å². The summed E-state index contributed by atoms with van der Waals surface area (Å²) in [6.45, 7) is 6.18. The van der Waals surface area contributed by atoms with Crippen LogP contribution < -0.4 is 14.9 Å². The zero-order chi connectivity index (χ0) is 22.0. The van der Waals surface area contributed by atoms with Crippen LogP contribution in [-0.4, -0.2) is 28.9 Å². The van der Waals surface area contributed by atoms with E-state index in [0.29, 0.717) is 16.5 Å². The number of benzene rings is 2. The maximum absolute atomic E-state index is 11.7. The molecule has 3 aromatic rings. The lowest BCUT2D eigenvalue weighted by Crippen LogP contribution is -2.25. The van der Waals surface area contributed by atoms with Crippen molar-refractivity contribution in [2.24, 2.45) is 10.1 Å². The Kier molecular flexibility index (Phi) is 6.25. The molecule has 1 N–H and O–H groups in total. The number of fused-ring (bicyclic) bond motifs is 1. The van der Waals surface area contributed by atoms with Gasteiger partial charge in [-0.2, -0.15) is 5.10 Å². The van der Waals surface area contributed by atoms with Crippen molar-refractivity contribution in [3.8, 4) is 17.0 Å². The molecule has 1 amide bonds. The minimum atomic E-state index is -0.161. The van der Waals surface area contributed by atoms with Gasteiger partial charge in [0.25, 0.3) is 5.91 Å². The molecule has 2 aromatic carbocycles. The zero-order valence-corrected chi connectivity index (χ0v) is 19.1. The molecule has 0 atom stereocenters. The molecule has 4 rings (SSSR count). The van der Waals surface area contributed by atoms with Crippen molar-refractivity contribution >= 4 is 40.2 Å². The summed E-state index contributed by atoms with van der Waals surface area (Å²) < 4.78 is 7.36. The summed E-state index contributed by atoms with van der Waals surface area (Å²) >= 11 is 7.74. The Labute approximate surface area is 189 Å². The van der Waals surface area contributed by atoms with Gasteiger partial charge in [0.1, 0.15) is 5.75 Å². The van der Waals surface area contributed by atoms with Gasteiger partial charge >= 0.3 is 0 Å². The molecule has 0 radical (unpaired) electrons. The number of aromatic nitrogens is 1. The molecule has 1 aliphatic heterocycles. The van der Waals surface area contributed by atoms with Gasteiger partial charge in [-0.05, 0) is 56.2 Å². The van der Waals surface area contributed by atoms with Crippen molar-refractivity contribution in [1.82, 2.24) is 4.68 Å². The largest absolute Gasteiger partial charge is 0.482 e. The number of amides is 1. The lowest BCUT2D eigenvalue weighted by molar-refractivity contribution is -0.118. The molecule has 0 fully saturated rings. The SMILES string of the molecule is CCC(=Nn1c(-c2ccc3c(c2)NC(=O)CO3)csc1=NC(C)C)c1cccc(Cl)c1. The number of carbonyl (C=O) groups excluding carboxylic acids is 1. The molecule has 0 saturated carbocycles. The van der Waals surface area contributed by atoms with Crippen molar-refractivity contribution in [2.75, 3.05) is 11.9 Å². The summed E-state index contributed by atoms with van der Waals surface area (Å²) in [4.78, 5) is 17.3. The van der Waals surface area contributed by atoms with E-state index in [1.165, 1.54) is 11.3 Å². The van der Waals surface area contributed by atoms with Crippen LogP contribution >= 0.6 is 22.9 Å². The first kappa shape index (κ1) is 21.3. The average molecular weight is 455 g/mol. The number of nitrogens with one attached hydrogen (secondary N) is 1. The minimum absolute atomic E-state index is 0.0337. The van der Waals surface area contributed by atoms with Gasteiger partial charge in [-0.15, -0.1) is 11.3 Å². The van der Waals surface area contributed by atoms with Crippen LogP contribution in [0.2, 0.25) is 5.02 Å². The van der Waals surface area contributed by atoms with Crippen molar-refractivity contribution < 1.29 is 9.53 Å². The second-order valence-electron chi connectivity index (χ2n) is 7.40. The normalized spacial score (nSPS) is 14.4. The zero-order valence-electron chi connectivity index (χ0n) is 17.6. The number of anilines is 1. The van der Waals surface area contributed by atoms with E-state index >= 15 is 0 Å². The van der Waals surface area contributed by atoms with E-state index in [-0.39, 0.29) is 18.6 Å². The van der Waals surface area contributed by atoms with Gasteiger partial charge in [-0.25, -0.2) is 4.68 Å². The lowest BCUT2D eigenvalue weighted by atomic mass is 10.1. The highest BCUT2D eigenvalue weighted by atomic mass is 35.5. The number of ether oxygens (including phenoxy) is 1. The molecule has 160 valence electrons. The highest BCUT2D eigenvalue weighted by Crippen LogP contribution is 2.33. The van der Waals surface area contributed by atoms with E-state index in [2.05, 4.69) is 12.2 Å². The second-order valence-corrected chi connectivity index (χ2v) is 8.67. The number of thiazole rings is 1. The molecule has 0 spiro atoms. The summed E-state index contributed by atoms with van der Waals surface area (Å²) in [6.07, 6.45) is 0.734. The standard InChI is InChI=1S/C23H23ClN4O2S/c1-4-18(15-6-5-7-17(24)10-15)27-28-20(13-31-23(28)25-14(2)3)16-8-9-21-19(11-16)26-22(29)12-30-21/h5-11,13-14H,4,12H2,1-3H3,(H,26,29). The minimum Gasteiger partial charge on any atom is -0.482 e. The van der Waals surface area contributed by atoms with E-state index in [0.717, 1.165) is 33.8 Å². The second kappa shape index (κ2) is 9.08. The predicted octanol–water partition coefficient (Wildman–Crippen LogP) is 5.17. The molecule has 8 heteroatoms. The van der Waals surface area contributed by atoms with Crippen molar-refractivity contribution in [2.45, 2.75) is 33.2 Å². The highest BCUT2D eigenvalue weighted by molar-refractivity contribution is 7.07. The Morgan fingerprint density at radius 1 is 1.29 bits per heavy atom. The van der Waals surface area contributed by atoms with Crippen molar-refractivity contribution in [3.05, 3.63) is 63.2 Å². The molecule has 0 unspecified atom stereocenters. The van der Waals surface area contributed by atoms with Crippen LogP contribution in [0.5, 0.6) is 5.75 Å². The maximum Gasteiger partial charge on any atom is 0.262 e. The molecule has 1 aromatic heterocycles. The third kappa shape index (κ3) is 4.73. The Morgan fingerprint density at radius 3 is 2.87 bits per heavy atom. The summed E-state index contributed by atoms with van der Waals surface area (Å²) in [5.41, 5.74) is 4.34. The van der Waals surface area contributed by atoms with E-state index in [1.54, 1.807) is 0 Å². The Morgan fingerprint density at radius 2 is 2.13 bits per heavy atom. The Balaban J connectivity index is 1.87. The molecule has 2 heterocycles. The van der Waals surface area contributed by atoms with Gasteiger partial charge in [0.05, 0.1) is 17.1 Å². The van der Waals surface area contributed by atoms with Gasteiger partial charge in [-0.3, -0.25) is 9.79 Å². The maximum atomic E-state index is 11.7. The molecule has 1 aliphatic rings. The summed E-state index contributed by atoms with van der Waals surface area (Å²) in [7, 11) is 0. The fourth-order valence-corrected chi connectivity index (χ4v) is 4.42. The van der Waals surface area contributed by atoms with Crippen LogP contribution in [-0.2, 0) is 4.79 Å². The molecule has 0 aliphatic carbocycles. The van der Waals surface area contributed by atoms with Crippen LogP contribution in [0, 0.1) is 0 Å². The van der Waals surface area contributed by atoms with E-state index in [1.807, 2.05) is 66.4 Å². The smallest absolute Gasteiger partial charge is 0.262 e. The summed E-state index contributed by atoms with van der Waals surface area (Å²) in [5, 5.41) is 10.6. The van der Waals surface area contributed by atoms with Crippen LogP contribution in [0.15, 0.2) is 57.9 Å². The fourth-order valence-electron chi connectivity index (χ4n) is 3.27. The number of rotatable bonds is 5. The highest BCUT2D eigenvalue weighted by Gasteiger charge is 2.18. The van der Waals surface area contributed by atoms with E-state index in [9.17, 15) is 4.79 Å². The lowest BCUT2D eigenvalue weighted by Gasteiger charge is -2.18. The first-order chi connectivity index (χ1) is 14.9. The van der Waals surface area contributed by atoms with Crippen LogP contribution in [0.3, 0.4) is 0 Å². The molecule has 6 nitrogen and oxygen atoms in total. The predicted molar refractivity (Wildman–Crippen MR) is 126 cm³/mol. The first-order valence-corrected chi connectivity index (χ1v) is 11.4. The third-order valence-corrected chi connectivity index (χ3v) is 5.74. The van der Waals surface area contributed by atoms with Crippen LogP contribution in [0.1, 0.15) is 32.8 Å². The monoisotopic (exact) mass is 454 g/mol. The Hall–Kier alpha value is -2.90. The van der Waals surface area contributed by atoms with E-state index in [4.69, 9.17) is 26.4 Å².